The largest absolute Gasteiger partial charge is 0.370 e. The first-order valence-corrected chi connectivity index (χ1v) is 8.98. The van der Waals surface area contributed by atoms with Crippen LogP contribution in [0.2, 0.25) is 5.28 Å². The van der Waals surface area contributed by atoms with Gasteiger partial charge in [0.1, 0.15) is 5.82 Å². The van der Waals surface area contributed by atoms with Crippen molar-refractivity contribution in [2.45, 2.75) is 32.6 Å². The van der Waals surface area contributed by atoms with Gasteiger partial charge >= 0.3 is 0 Å². The summed E-state index contributed by atoms with van der Waals surface area (Å²) in [6.45, 7) is 3.65. The number of carbonyl (C=O) groups is 1. The van der Waals surface area contributed by atoms with Crippen molar-refractivity contribution in [3.63, 3.8) is 0 Å². The van der Waals surface area contributed by atoms with Crippen molar-refractivity contribution in [3.05, 3.63) is 52.9 Å². The Kier molecular flexibility index (Phi) is 7.67. The Bertz CT molecular complexity index is 675. The minimum atomic E-state index is 0.0855. The number of carbonyl (C=O) groups excluding carboxylic acids is 1. The monoisotopic (exact) mass is 360 g/mol. The summed E-state index contributed by atoms with van der Waals surface area (Å²) in [6.07, 6.45) is 5.90. The number of hydrogen-bond acceptors (Lipinski definition) is 4. The highest BCUT2D eigenvalue weighted by molar-refractivity contribution is 6.28. The predicted molar refractivity (Wildman–Crippen MR) is 102 cm³/mol. The third-order valence-corrected chi connectivity index (χ3v) is 4.18. The molecule has 0 fully saturated rings. The van der Waals surface area contributed by atoms with Gasteiger partial charge in [0.25, 0.3) is 5.91 Å². The lowest BCUT2D eigenvalue weighted by molar-refractivity contribution is 0.0792. The van der Waals surface area contributed by atoms with Crippen LogP contribution in [-0.4, -0.2) is 40.9 Å². The van der Waals surface area contributed by atoms with E-state index in [9.17, 15) is 4.79 Å². The fourth-order valence-corrected chi connectivity index (χ4v) is 2.64. The Balaban J connectivity index is 1.57. The summed E-state index contributed by atoms with van der Waals surface area (Å²) in [5, 5.41) is 3.49. The molecule has 0 unspecified atom stereocenters. The van der Waals surface area contributed by atoms with Crippen LogP contribution in [0.1, 0.15) is 41.6 Å². The first-order valence-electron chi connectivity index (χ1n) is 8.61. The molecule has 0 radical (unpaired) electrons. The number of halogens is 1. The maximum Gasteiger partial charge on any atom is 0.253 e. The molecule has 0 saturated carbocycles. The van der Waals surface area contributed by atoms with Crippen LogP contribution in [0.5, 0.6) is 0 Å². The topological polar surface area (TPSA) is 58.1 Å². The normalized spacial score (nSPS) is 10.5. The number of amides is 1. The van der Waals surface area contributed by atoms with Crippen LogP contribution in [0, 0.1) is 6.92 Å². The number of aromatic nitrogens is 2. The second-order valence-electron chi connectivity index (χ2n) is 6.14. The summed E-state index contributed by atoms with van der Waals surface area (Å²) in [4.78, 5) is 22.0. The summed E-state index contributed by atoms with van der Waals surface area (Å²) in [6, 6.07) is 9.52. The number of nitrogens with zero attached hydrogens (tertiary/aromatic N) is 3. The summed E-state index contributed by atoms with van der Waals surface area (Å²) in [5.41, 5.74) is 1.91. The van der Waals surface area contributed by atoms with E-state index in [1.807, 2.05) is 38.2 Å². The SMILES string of the molecule is Cc1ccc(C(=O)N(C)CCCCCCNc2ccnc(Cl)n2)cc1. The predicted octanol–water partition coefficient (Wildman–Crippen LogP) is 4.18. The van der Waals surface area contributed by atoms with Gasteiger partial charge in [-0.3, -0.25) is 4.79 Å². The lowest BCUT2D eigenvalue weighted by Gasteiger charge is -2.17. The van der Waals surface area contributed by atoms with E-state index in [2.05, 4.69) is 15.3 Å². The van der Waals surface area contributed by atoms with Gasteiger partial charge in [0.15, 0.2) is 0 Å². The molecular weight excluding hydrogens is 336 g/mol. The van der Waals surface area contributed by atoms with Crippen LogP contribution in [0.25, 0.3) is 0 Å². The Morgan fingerprint density at radius 3 is 2.56 bits per heavy atom. The molecule has 25 heavy (non-hydrogen) atoms. The Hall–Kier alpha value is -2.14. The highest BCUT2D eigenvalue weighted by atomic mass is 35.5. The average molecular weight is 361 g/mol. The zero-order chi connectivity index (χ0) is 18.1. The summed E-state index contributed by atoms with van der Waals surface area (Å²) >= 11 is 5.74. The molecule has 1 aromatic heterocycles. The lowest BCUT2D eigenvalue weighted by Crippen LogP contribution is -2.27. The fourth-order valence-electron chi connectivity index (χ4n) is 2.50. The van der Waals surface area contributed by atoms with Gasteiger partial charge < -0.3 is 10.2 Å². The fraction of sp³-hybridized carbons (Fsp3) is 0.421. The van der Waals surface area contributed by atoms with E-state index < -0.39 is 0 Å². The van der Waals surface area contributed by atoms with Crippen molar-refractivity contribution >= 4 is 23.3 Å². The third kappa shape index (κ3) is 6.70. The molecule has 0 atom stereocenters. The molecule has 0 aliphatic heterocycles. The molecular formula is C19H25ClN4O. The van der Waals surface area contributed by atoms with E-state index in [0.717, 1.165) is 55.7 Å². The molecule has 1 aromatic carbocycles. The molecule has 1 amide bonds. The summed E-state index contributed by atoms with van der Waals surface area (Å²) in [5.74, 6) is 0.839. The molecule has 6 heteroatoms. The zero-order valence-electron chi connectivity index (χ0n) is 14.8. The molecule has 0 aliphatic rings. The number of rotatable bonds is 9. The van der Waals surface area contributed by atoms with Gasteiger partial charge in [0.05, 0.1) is 0 Å². The van der Waals surface area contributed by atoms with Gasteiger partial charge in [-0.05, 0) is 49.6 Å². The van der Waals surface area contributed by atoms with E-state index in [1.54, 1.807) is 17.2 Å². The van der Waals surface area contributed by atoms with Crippen LogP contribution >= 0.6 is 11.6 Å². The molecule has 5 nitrogen and oxygen atoms in total. The lowest BCUT2D eigenvalue weighted by atomic mass is 10.1. The smallest absolute Gasteiger partial charge is 0.253 e. The Morgan fingerprint density at radius 2 is 1.84 bits per heavy atom. The Labute approximate surface area is 154 Å². The highest BCUT2D eigenvalue weighted by Gasteiger charge is 2.10. The molecule has 0 saturated heterocycles. The van der Waals surface area contributed by atoms with E-state index >= 15 is 0 Å². The van der Waals surface area contributed by atoms with E-state index in [1.165, 1.54) is 0 Å². The maximum atomic E-state index is 12.3. The van der Waals surface area contributed by atoms with Gasteiger partial charge in [0.2, 0.25) is 5.28 Å². The van der Waals surface area contributed by atoms with Crippen molar-refractivity contribution in [1.82, 2.24) is 14.9 Å². The number of aryl methyl sites for hydroxylation is 1. The second kappa shape index (κ2) is 9.99. The first-order chi connectivity index (χ1) is 12.1. The minimum absolute atomic E-state index is 0.0855. The van der Waals surface area contributed by atoms with Crippen molar-refractivity contribution in [2.75, 3.05) is 25.5 Å². The molecule has 2 aromatic rings. The van der Waals surface area contributed by atoms with Crippen molar-refractivity contribution in [3.8, 4) is 0 Å². The molecule has 0 bridgehead atoms. The van der Waals surface area contributed by atoms with Crippen LogP contribution in [-0.2, 0) is 0 Å². The first kappa shape index (κ1) is 19.2. The van der Waals surface area contributed by atoms with Crippen LogP contribution in [0.15, 0.2) is 36.5 Å². The number of anilines is 1. The van der Waals surface area contributed by atoms with Crippen molar-refractivity contribution < 1.29 is 4.79 Å². The average Bonchev–Trinajstić information content (AvgIpc) is 2.61. The van der Waals surface area contributed by atoms with Gasteiger partial charge in [-0.2, -0.15) is 0 Å². The van der Waals surface area contributed by atoms with Gasteiger partial charge in [0, 0.05) is 31.9 Å². The maximum absolute atomic E-state index is 12.3. The number of unbranched alkanes of at least 4 members (excludes halogenated alkanes) is 3. The van der Waals surface area contributed by atoms with E-state index in [4.69, 9.17) is 11.6 Å². The zero-order valence-corrected chi connectivity index (χ0v) is 15.6. The Morgan fingerprint density at radius 1 is 1.12 bits per heavy atom. The molecule has 2 rings (SSSR count). The molecule has 1 heterocycles. The minimum Gasteiger partial charge on any atom is -0.370 e. The quantitative estimate of drug-likeness (QED) is 0.538. The van der Waals surface area contributed by atoms with Crippen LogP contribution < -0.4 is 5.32 Å². The molecule has 1 N–H and O–H groups in total. The summed E-state index contributed by atoms with van der Waals surface area (Å²) < 4.78 is 0. The third-order valence-electron chi connectivity index (χ3n) is 4.00. The van der Waals surface area contributed by atoms with Gasteiger partial charge in [-0.25, -0.2) is 9.97 Å². The molecule has 0 aliphatic carbocycles. The second-order valence-corrected chi connectivity index (χ2v) is 6.48. The van der Waals surface area contributed by atoms with Crippen molar-refractivity contribution in [1.29, 1.82) is 0 Å². The standard InChI is InChI=1S/C19H25ClN4O/c1-15-7-9-16(10-8-15)18(25)24(2)14-6-4-3-5-12-21-17-11-13-22-19(20)23-17/h7-11,13H,3-6,12,14H2,1-2H3,(H,21,22,23). The number of hydrogen-bond donors (Lipinski definition) is 1. The number of benzene rings is 1. The van der Waals surface area contributed by atoms with E-state index in [-0.39, 0.29) is 11.2 Å². The van der Waals surface area contributed by atoms with E-state index in [0.29, 0.717) is 0 Å². The molecule has 0 spiro atoms. The number of nitrogens with one attached hydrogen (secondary N) is 1. The summed E-state index contributed by atoms with van der Waals surface area (Å²) in [7, 11) is 1.86. The van der Waals surface area contributed by atoms with Crippen molar-refractivity contribution in [2.24, 2.45) is 0 Å². The molecule has 134 valence electrons. The van der Waals surface area contributed by atoms with Crippen LogP contribution in [0.3, 0.4) is 0 Å². The van der Waals surface area contributed by atoms with Crippen LogP contribution in [0.4, 0.5) is 5.82 Å². The van der Waals surface area contributed by atoms with Gasteiger partial charge in [-0.15, -0.1) is 0 Å². The highest BCUT2D eigenvalue weighted by Crippen LogP contribution is 2.09. The van der Waals surface area contributed by atoms with Gasteiger partial charge in [-0.1, -0.05) is 30.5 Å².